The van der Waals surface area contributed by atoms with Gasteiger partial charge >= 0.3 is 0 Å². The molecule has 5 nitrogen and oxygen atoms in total. The van der Waals surface area contributed by atoms with Crippen LogP contribution in [0.3, 0.4) is 0 Å². The van der Waals surface area contributed by atoms with Crippen LogP contribution in [0.1, 0.15) is 42.1 Å². The molecule has 1 aromatic carbocycles. The van der Waals surface area contributed by atoms with Crippen molar-refractivity contribution in [2.24, 2.45) is 5.92 Å². The summed E-state index contributed by atoms with van der Waals surface area (Å²) < 4.78 is 0. The molecule has 2 amide bonds. The monoisotopic (exact) mass is 304 g/mol. The molecule has 0 aromatic heterocycles. The molecule has 1 saturated heterocycles. The van der Waals surface area contributed by atoms with Gasteiger partial charge in [0.15, 0.2) is 0 Å². The van der Waals surface area contributed by atoms with E-state index in [1.54, 1.807) is 23.1 Å². The Bertz CT molecular complexity index is 549. The van der Waals surface area contributed by atoms with Crippen molar-refractivity contribution in [2.75, 3.05) is 19.6 Å². The van der Waals surface area contributed by atoms with E-state index < -0.39 is 0 Å². The fraction of sp³-hybridized carbons (Fsp3) is 0.529. The van der Waals surface area contributed by atoms with E-state index in [4.69, 9.17) is 0 Å². The predicted molar refractivity (Wildman–Crippen MR) is 84.8 cm³/mol. The molecule has 1 aliphatic heterocycles. The van der Waals surface area contributed by atoms with Crippen molar-refractivity contribution >= 4 is 11.8 Å². The van der Waals surface area contributed by atoms with E-state index >= 15 is 0 Å². The Labute approximate surface area is 131 Å². The molecule has 0 spiro atoms. The Morgan fingerprint density at radius 3 is 2.64 bits per heavy atom. The molecule has 0 radical (unpaired) electrons. The molecule has 1 aromatic rings. The van der Waals surface area contributed by atoms with Gasteiger partial charge in [-0.05, 0) is 38.3 Å². The third-order valence-electron chi connectivity index (χ3n) is 4.08. The van der Waals surface area contributed by atoms with Gasteiger partial charge in [0, 0.05) is 25.6 Å². The first-order valence-electron chi connectivity index (χ1n) is 7.89. The molecule has 22 heavy (non-hydrogen) atoms. The number of likely N-dealkylation sites (tertiary alicyclic amines) is 1. The average molecular weight is 304 g/mol. The molecule has 0 saturated carbocycles. The lowest BCUT2D eigenvalue weighted by molar-refractivity contribution is -0.126. The first-order valence-corrected chi connectivity index (χ1v) is 7.89. The standard InChI is InChI=1S/C17H24N2O3/c1-3-8-18-16(21)13-6-9-19(10-7-13)17(22)14-11-12(2)4-5-15(14)20/h4-5,11,13,20H,3,6-10H2,1-2H3,(H,18,21). The Morgan fingerprint density at radius 1 is 1.32 bits per heavy atom. The molecule has 5 heteroatoms. The number of aryl methyl sites for hydroxylation is 1. The highest BCUT2D eigenvalue weighted by molar-refractivity contribution is 5.97. The number of aromatic hydroxyl groups is 1. The summed E-state index contributed by atoms with van der Waals surface area (Å²) >= 11 is 0. The number of phenolic OH excluding ortho intramolecular Hbond substituents is 1. The van der Waals surface area contributed by atoms with Gasteiger partial charge in [0.05, 0.1) is 5.56 Å². The van der Waals surface area contributed by atoms with Crippen LogP contribution in [-0.2, 0) is 4.79 Å². The Balaban J connectivity index is 1.95. The van der Waals surface area contributed by atoms with Crippen molar-refractivity contribution in [2.45, 2.75) is 33.1 Å². The van der Waals surface area contributed by atoms with Gasteiger partial charge in [0.25, 0.3) is 5.91 Å². The van der Waals surface area contributed by atoms with Gasteiger partial charge in [-0.2, -0.15) is 0 Å². The molecule has 0 atom stereocenters. The largest absolute Gasteiger partial charge is 0.507 e. The number of carbonyl (C=O) groups is 2. The van der Waals surface area contributed by atoms with E-state index in [2.05, 4.69) is 5.32 Å². The lowest BCUT2D eigenvalue weighted by Crippen LogP contribution is -2.43. The molecule has 2 N–H and O–H groups in total. The quantitative estimate of drug-likeness (QED) is 0.895. The second-order valence-corrected chi connectivity index (χ2v) is 5.88. The van der Waals surface area contributed by atoms with E-state index in [-0.39, 0.29) is 23.5 Å². The van der Waals surface area contributed by atoms with Crippen LogP contribution < -0.4 is 5.32 Å². The molecule has 1 fully saturated rings. The summed E-state index contributed by atoms with van der Waals surface area (Å²) in [5, 5.41) is 12.8. The summed E-state index contributed by atoms with van der Waals surface area (Å²) in [6.07, 6.45) is 2.28. The molecule has 1 aliphatic rings. The van der Waals surface area contributed by atoms with Crippen molar-refractivity contribution in [1.82, 2.24) is 10.2 Å². The van der Waals surface area contributed by atoms with Crippen LogP contribution in [-0.4, -0.2) is 41.5 Å². The number of carbonyl (C=O) groups excluding carboxylic acids is 2. The zero-order chi connectivity index (χ0) is 16.1. The van der Waals surface area contributed by atoms with Crippen LogP contribution in [0.25, 0.3) is 0 Å². The number of rotatable bonds is 4. The van der Waals surface area contributed by atoms with E-state index in [0.29, 0.717) is 38.0 Å². The van der Waals surface area contributed by atoms with Gasteiger partial charge in [-0.25, -0.2) is 0 Å². The Kier molecular flexibility index (Phi) is 5.41. The number of nitrogens with one attached hydrogen (secondary N) is 1. The van der Waals surface area contributed by atoms with Crippen LogP contribution in [0.15, 0.2) is 18.2 Å². The fourth-order valence-corrected chi connectivity index (χ4v) is 2.73. The Hall–Kier alpha value is -2.04. The van der Waals surface area contributed by atoms with Crippen molar-refractivity contribution < 1.29 is 14.7 Å². The van der Waals surface area contributed by atoms with Crippen LogP contribution in [0.5, 0.6) is 5.75 Å². The van der Waals surface area contributed by atoms with Crippen LogP contribution in [0, 0.1) is 12.8 Å². The van der Waals surface area contributed by atoms with Gasteiger partial charge in [0.1, 0.15) is 5.75 Å². The topological polar surface area (TPSA) is 69.6 Å². The second kappa shape index (κ2) is 7.29. The highest BCUT2D eigenvalue weighted by Gasteiger charge is 2.28. The van der Waals surface area contributed by atoms with Crippen molar-refractivity contribution in [3.05, 3.63) is 29.3 Å². The summed E-state index contributed by atoms with van der Waals surface area (Å²) in [6, 6.07) is 5.03. The van der Waals surface area contributed by atoms with Crippen molar-refractivity contribution in [3.63, 3.8) is 0 Å². The number of benzene rings is 1. The van der Waals surface area contributed by atoms with Crippen molar-refractivity contribution in [1.29, 1.82) is 0 Å². The van der Waals surface area contributed by atoms with Gasteiger partial charge < -0.3 is 15.3 Å². The number of phenols is 1. The van der Waals surface area contributed by atoms with Gasteiger partial charge in [0.2, 0.25) is 5.91 Å². The van der Waals surface area contributed by atoms with E-state index in [0.717, 1.165) is 12.0 Å². The molecule has 0 bridgehead atoms. The number of hydrogen-bond donors (Lipinski definition) is 2. The number of nitrogens with zero attached hydrogens (tertiary/aromatic N) is 1. The van der Waals surface area contributed by atoms with Crippen LogP contribution >= 0.6 is 0 Å². The fourth-order valence-electron chi connectivity index (χ4n) is 2.73. The van der Waals surface area contributed by atoms with Crippen LogP contribution in [0.2, 0.25) is 0 Å². The highest BCUT2D eigenvalue weighted by Crippen LogP contribution is 2.24. The minimum absolute atomic E-state index is 0.0123. The predicted octanol–water partition coefficient (Wildman–Crippen LogP) is 2.08. The zero-order valence-corrected chi connectivity index (χ0v) is 13.3. The molecule has 0 unspecified atom stereocenters. The minimum Gasteiger partial charge on any atom is -0.507 e. The molecular weight excluding hydrogens is 280 g/mol. The average Bonchev–Trinajstić information content (AvgIpc) is 2.54. The first kappa shape index (κ1) is 16.3. The summed E-state index contributed by atoms with van der Waals surface area (Å²) in [5.41, 5.74) is 1.28. The van der Waals surface area contributed by atoms with Gasteiger partial charge in [-0.3, -0.25) is 9.59 Å². The smallest absolute Gasteiger partial charge is 0.257 e. The van der Waals surface area contributed by atoms with E-state index in [1.165, 1.54) is 0 Å². The summed E-state index contributed by atoms with van der Waals surface area (Å²) in [6.45, 7) is 5.72. The SMILES string of the molecule is CCCNC(=O)C1CCN(C(=O)c2cc(C)ccc2O)CC1. The maximum absolute atomic E-state index is 12.5. The molecule has 2 rings (SSSR count). The van der Waals surface area contributed by atoms with Gasteiger partial charge in [-0.1, -0.05) is 18.6 Å². The first-order chi connectivity index (χ1) is 10.5. The molecular formula is C17H24N2O3. The Morgan fingerprint density at radius 2 is 2.00 bits per heavy atom. The summed E-state index contributed by atoms with van der Waals surface area (Å²) in [4.78, 5) is 26.2. The lowest BCUT2D eigenvalue weighted by atomic mass is 9.95. The van der Waals surface area contributed by atoms with E-state index in [1.807, 2.05) is 13.8 Å². The maximum atomic E-state index is 12.5. The minimum atomic E-state index is -0.159. The highest BCUT2D eigenvalue weighted by atomic mass is 16.3. The normalized spacial score (nSPS) is 15.6. The summed E-state index contributed by atoms with van der Waals surface area (Å²) in [5.74, 6) is -0.0684. The number of amides is 2. The maximum Gasteiger partial charge on any atom is 0.257 e. The second-order valence-electron chi connectivity index (χ2n) is 5.88. The third-order valence-corrected chi connectivity index (χ3v) is 4.08. The van der Waals surface area contributed by atoms with E-state index in [9.17, 15) is 14.7 Å². The molecule has 120 valence electrons. The molecule has 1 heterocycles. The number of piperidine rings is 1. The lowest BCUT2D eigenvalue weighted by Gasteiger charge is -2.31. The van der Waals surface area contributed by atoms with Gasteiger partial charge in [-0.15, -0.1) is 0 Å². The third kappa shape index (κ3) is 3.78. The zero-order valence-electron chi connectivity index (χ0n) is 13.3. The van der Waals surface area contributed by atoms with Crippen molar-refractivity contribution in [3.8, 4) is 5.75 Å². The number of hydrogen-bond acceptors (Lipinski definition) is 3. The summed E-state index contributed by atoms with van der Waals surface area (Å²) in [7, 11) is 0. The van der Waals surface area contributed by atoms with Crippen LogP contribution in [0.4, 0.5) is 0 Å². The molecule has 0 aliphatic carbocycles.